The molecule has 118 valence electrons. The number of hydrogen-bond acceptors (Lipinski definition) is 6. The summed E-state index contributed by atoms with van der Waals surface area (Å²) in [5.74, 6) is -0.149. The summed E-state index contributed by atoms with van der Waals surface area (Å²) in [6.07, 6.45) is -2.66. The van der Waals surface area contributed by atoms with E-state index in [4.69, 9.17) is 18.9 Å². The lowest BCUT2D eigenvalue weighted by Crippen LogP contribution is -2.42. The van der Waals surface area contributed by atoms with Crippen LogP contribution >= 0.6 is 0 Å². The summed E-state index contributed by atoms with van der Waals surface area (Å²) in [4.78, 5) is 4.41. The molecule has 1 aromatic rings. The van der Waals surface area contributed by atoms with Gasteiger partial charge in [-0.2, -0.15) is 0 Å². The molecule has 6 heteroatoms. The molecule has 0 aliphatic carbocycles. The topological polar surface area (TPSA) is 69.5 Å². The van der Waals surface area contributed by atoms with Crippen LogP contribution in [0.4, 0.5) is 0 Å². The fourth-order valence-electron chi connectivity index (χ4n) is 3.13. The van der Waals surface area contributed by atoms with E-state index in [-0.39, 0.29) is 6.10 Å². The molecule has 3 aliphatic rings. The van der Waals surface area contributed by atoms with E-state index in [1.165, 1.54) is 0 Å². The van der Waals surface area contributed by atoms with Gasteiger partial charge in [-0.25, -0.2) is 4.99 Å². The summed E-state index contributed by atoms with van der Waals surface area (Å²) in [6, 6.07) is 9.69. The van der Waals surface area contributed by atoms with E-state index in [2.05, 4.69) is 4.99 Å². The first kappa shape index (κ1) is 14.1. The minimum Gasteiger partial charge on any atom is -0.469 e. The van der Waals surface area contributed by atoms with E-state index in [1.807, 2.05) is 30.3 Å². The second-order valence-corrected chi connectivity index (χ2v) is 6.23. The largest absolute Gasteiger partial charge is 0.469 e. The van der Waals surface area contributed by atoms with Crippen LogP contribution in [0.2, 0.25) is 0 Å². The minimum atomic E-state index is -0.790. The number of rotatable bonds is 2. The molecule has 0 aromatic heterocycles. The average molecular weight is 305 g/mol. The number of benzene rings is 1. The first-order chi connectivity index (χ1) is 10.5. The number of fused-ring (bicyclic) bond motifs is 1. The number of nitrogens with zero attached hydrogens (tertiary/aromatic N) is 1. The van der Waals surface area contributed by atoms with Gasteiger partial charge in [0.25, 0.3) is 0 Å². The van der Waals surface area contributed by atoms with Gasteiger partial charge in [0.1, 0.15) is 24.4 Å². The van der Waals surface area contributed by atoms with E-state index in [9.17, 15) is 5.11 Å². The fraction of sp³-hybridized carbons (Fsp3) is 0.562. The second kappa shape index (κ2) is 5.03. The van der Waals surface area contributed by atoms with Crippen LogP contribution in [0, 0.1) is 0 Å². The first-order valence-electron chi connectivity index (χ1n) is 7.49. The maximum absolute atomic E-state index is 10.4. The van der Waals surface area contributed by atoms with Crippen LogP contribution in [0.25, 0.3) is 0 Å². The molecular weight excluding hydrogens is 286 g/mol. The molecule has 1 aromatic carbocycles. The van der Waals surface area contributed by atoms with Gasteiger partial charge in [0, 0.05) is 5.56 Å². The zero-order valence-corrected chi connectivity index (χ0v) is 12.5. The van der Waals surface area contributed by atoms with E-state index in [1.54, 1.807) is 13.8 Å². The predicted octanol–water partition coefficient (Wildman–Crippen LogP) is 1.07. The summed E-state index contributed by atoms with van der Waals surface area (Å²) < 4.78 is 23.0. The van der Waals surface area contributed by atoms with Gasteiger partial charge in [0.05, 0.1) is 6.54 Å². The number of aliphatic hydroxyl groups is 1. The highest BCUT2D eigenvalue weighted by Crippen LogP contribution is 2.39. The molecule has 2 fully saturated rings. The molecule has 3 heterocycles. The van der Waals surface area contributed by atoms with E-state index < -0.39 is 30.4 Å². The molecule has 3 aliphatic heterocycles. The Kier molecular flexibility index (Phi) is 3.23. The standard InChI is InChI=1S/C16H19NO5/c1-16(2)21-13-11(18)12(20-15(13)22-16)10-8-17-14(19-10)9-6-4-3-5-7-9/h3-7,10-13,15,18H,8H2,1-2H3/t10-,11+,12-,13-,15-/m1/s1. The quantitative estimate of drug-likeness (QED) is 0.885. The third kappa shape index (κ3) is 2.32. The van der Waals surface area contributed by atoms with Crippen molar-refractivity contribution in [3.63, 3.8) is 0 Å². The zero-order valence-electron chi connectivity index (χ0n) is 12.5. The van der Waals surface area contributed by atoms with Crippen molar-refractivity contribution in [1.82, 2.24) is 0 Å². The predicted molar refractivity (Wildman–Crippen MR) is 77.4 cm³/mol. The molecule has 2 saturated heterocycles. The Morgan fingerprint density at radius 1 is 1.14 bits per heavy atom. The molecule has 0 saturated carbocycles. The lowest BCUT2D eigenvalue weighted by molar-refractivity contribution is -0.223. The van der Waals surface area contributed by atoms with Crippen molar-refractivity contribution in [2.75, 3.05) is 6.54 Å². The maximum atomic E-state index is 10.4. The Labute approximate surface area is 128 Å². The lowest BCUT2D eigenvalue weighted by atomic mass is 10.1. The number of ether oxygens (including phenoxy) is 4. The van der Waals surface area contributed by atoms with E-state index in [0.717, 1.165) is 5.56 Å². The van der Waals surface area contributed by atoms with Gasteiger partial charge in [-0.3, -0.25) is 0 Å². The van der Waals surface area contributed by atoms with Crippen LogP contribution in [0.15, 0.2) is 35.3 Å². The third-order valence-electron chi connectivity index (χ3n) is 4.12. The van der Waals surface area contributed by atoms with Gasteiger partial charge in [0.15, 0.2) is 12.1 Å². The Bertz CT molecular complexity index is 587. The monoisotopic (exact) mass is 305 g/mol. The van der Waals surface area contributed by atoms with E-state index in [0.29, 0.717) is 12.4 Å². The lowest BCUT2D eigenvalue weighted by Gasteiger charge is -2.25. The molecule has 6 nitrogen and oxygen atoms in total. The van der Waals surface area contributed by atoms with Gasteiger partial charge in [-0.1, -0.05) is 18.2 Å². The van der Waals surface area contributed by atoms with Crippen LogP contribution in [-0.2, 0) is 18.9 Å². The smallest absolute Gasteiger partial charge is 0.216 e. The third-order valence-corrected chi connectivity index (χ3v) is 4.12. The van der Waals surface area contributed by atoms with Gasteiger partial charge >= 0.3 is 0 Å². The molecule has 0 bridgehead atoms. The molecule has 0 unspecified atom stereocenters. The van der Waals surface area contributed by atoms with E-state index >= 15 is 0 Å². The van der Waals surface area contributed by atoms with Crippen molar-refractivity contribution < 1.29 is 24.1 Å². The summed E-state index contributed by atoms with van der Waals surface area (Å²) in [5.41, 5.74) is 0.923. The van der Waals surface area contributed by atoms with Crippen molar-refractivity contribution in [3.8, 4) is 0 Å². The first-order valence-corrected chi connectivity index (χ1v) is 7.49. The van der Waals surface area contributed by atoms with Crippen molar-refractivity contribution >= 4 is 5.90 Å². The highest BCUT2D eigenvalue weighted by molar-refractivity contribution is 5.95. The number of hydrogen-bond donors (Lipinski definition) is 1. The Morgan fingerprint density at radius 3 is 2.64 bits per heavy atom. The zero-order chi connectivity index (χ0) is 15.3. The van der Waals surface area contributed by atoms with Crippen LogP contribution in [-0.4, -0.2) is 54.0 Å². The van der Waals surface area contributed by atoms with Crippen molar-refractivity contribution in [1.29, 1.82) is 0 Å². The molecule has 0 radical (unpaired) electrons. The average Bonchev–Trinajstić information content (AvgIpc) is 3.15. The van der Waals surface area contributed by atoms with Crippen molar-refractivity contribution in [2.24, 2.45) is 4.99 Å². The normalized spacial score (nSPS) is 39.4. The summed E-state index contributed by atoms with van der Waals surface area (Å²) in [7, 11) is 0. The highest BCUT2D eigenvalue weighted by Gasteiger charge is 2.57. The van der Waals surface area contributed by atoms with Gasteiger partial charge < -0.3 is 24.1 Å². The van der Waals surface area contributed by atoms with Crippen LogP contribution in [0.3, 0.4) is 0 Å². The molecule has 5 atom stereocenters. The Morgan fingerprint density at radius 2 is 1.91 bits per heavy atom. The summed E-state index contributed by atoms with van der Waals surface area (Å²) in [6.45, 7) is 4.06. The molecule has 4 rings (SSSR count). The Hall–Kier alpha value is -1.47. The second-order valence-electron chi connectivity index (χ2n) is 6.23. The van der Waals surface area contributed by atoms with Crippen LogP contribution in [0.1, 0.15) is 19.4 Å². The molecule has 1 N–H and O–H groups in total. The molecule has 0 amide bonds. The maximum Gasteiger partial charge on any atom is 0.216 e. The van der Waals surface area contributed by atoms with Crippen molar-refractivity contribution in [3.05, 3.63) is 35.9 Å². The van der Waals surface area contributed by atoms with Gasteiger partial charge in [-0.05, 0) is 26.0 Å². The Balaban J connectivity index is 1.44. The van der Waals surface area contributed by atoms with Crippen LogP contribution < -0.4 is 0 Å². The highest BCUT2D eigenvalue weighted by atomic mass is 16.8. The summed E-state index contributed by atoms with van der Waals surface area (Å²) >= 11 is 0. The SMILES string of the molecule is CC1(C)O[C@H]2O[C@H]([C@H]3CN=C(c4ccccc4)O3)[C@H](O)[C@H]2O1. The molecule has 22 heavy (non-hydrogen) atoms. The van der Waals surface area contributed by atoms with Gasteiger partial charge in [0.2, 0.25) is 5.90 Å². The van der Waals surface area contributed by atoms with Gasteiger partial charge in [-0.15, -0.1) is 0 Å². The number of aliphatic imine (C=N–C) groups is 1. The molecule has 0 spiro atoms. The number of aliphatic hydroxyl groups excluding tert-OH is 1. The minimum absolute atomic E-state index is 0.328. The summed E-state index contributed by atoms with van der Waals surface area (Å²) in [5, 5.41) is 10.4. The van der Waals surface area contributed by atoms with Crippen molar-refractivity contribution in [2.45, 2.75) is 50.3 Å². The molecular formula is C16H19NO5. The fourth-order valence-corrected chi connectivity index (χ4v) is 3.13. The van der Waals surface area contributed by atoms with Crippen LogP contribution in [0.5, 0.6) is 0 Å².